The van der Waals surface area contributed by atoms with Crippen LogP contribution in [0.3, 0.4) is 0 Å². The van der Waals surface area contributed by atoms with Gasteiger partial charge in [0.2, 0.25) is 0 Å². The highest BCUT2D eigenvalue weighted by Gasteiger charge is 2.25. The van der Waals surface area contributed by atoms with E-state index in [0.717, 1.165) is 25.1 Å². The number of aromatic nitrogens is 3. The molecule has 0 atom stereocenters. The number of fused-ring (bicyclic) bond motifs is 3. The van der Waals surface area contributed by atoms with Crippen molar-refractivity contribution < 1.29 is 0 Å². The average Bonchev–Trinajstić information content (AvgIpc) is 3.08. The van der Waals surface area contributed by atoms with Crippen molar-refractivity contribution in [2.75, 3.05) is 0 Å². The van der Waals surface area contributed by atoms with Gasteiger partial charge in [-0.15, -0.1) is 17.0 Å². The van der Waals surface area contributed by atoms with Gasteiger partial charge in [-0.25, -0.2) is 0 Å². The highest BCUT2D eigenvalue weighted by Crippen LogP contribution is 2.38. The van der Waals surface area contributed by atoms with Gasteiger partial charge in [0, 0.05) is 29.1 Å². The predicted octanol–water partition coefficient (Wildman–Crippen LogP) is 5.34. The Hall–Kier alpha value is -2.72. The molecule has 4 heteroatoms. The summed E-state index contributed by atoms with van der Waals surface area (Å²) < 4.78 is 2.16. The van der Waals surface area contributed by atoms with E-state index in [0.29, 0.717) is 0 Å². The van der Waals surface area contributed by atoms with Crippen molar-refractivity contribution in [3.05, 3.63) is 95.8 Å². The van der Waals surface area contributed by atoms with Crippen LogP contribution in [0.1, 0.15) is 16.7 Å². The van der Waals surface area contributed by atoms with Gasteiger partial charge in [-0.05, 0) is 36.1 Å². The standard InChI is InChI=1S/C23H19N3.BrH/c1-2-6-17(7-3-1)16-26-23(19-12-14-24-15-13-19)21-11-10-18-8-4-5-9-20(18)22(21)25-26;/h1-9,12-15H,10-11,16H2;1H. The van der Waals surface area contributed by atoms with E-state index in [1.807, 2.05) is 12.4 Å². The lowest BCUT2D eigenvalue weighted by atomic mass is 9.88. The summed E-state index contributed by atoms with van der Waals surface area (Å²) in [5.74, 6) is 0. The van der Waals surface area contributed by atoms with E-state index in [4.69, 9.17) is 5.10 Å². The molecule has 0 fully saturated rings. The number of aryl methyl sites for hydroxylation is 1. The summed E-state index contributed by atoms with van der Waals surface area (Å²) in [6.07, 6.45) is 5.81. The molecular formula is C23H20BrN3. The molecule has 0 bridgehead atoms. The number of halogens is 1. The summed E-state index contributed by atoms with van der Waals surface area (Å²) in [5, 5.41) is 5.06. The number of rotatable bonds is 3. The van der Waals surface area contributed by atoms with E-state index < -0.39 is 0 Å². The van der Waals surface area contributed by atoms with Crippen LogP contribution >= 0.6 is 17.0 Å². The van der Waals surface area contributed by atoms with Crippen molar-refractivity contribution in [2.24, 2.45) is 0 Å². The molecule has 1 aliphatic rings. The van der Waals surface area contributed by atoms with Crippen molar-refractivity contribution in [2.45, 2.75) is 19.4 Å². The third-order valence-corrected chi connectivity index (χ3v) is 5.10. The van der Waals surface area contributed by atoms with Gasteiger partial charge in [0.15, 0.2) is 0 Å². The first-order chi connectivity index (χ1) is 12.9. The van der Waals surface area contributed by atoms with E-state index in [1.165, 1.54) is 33.5 Å². The Morgan fingerprint density at radius 3 is 2.37 bits per heavy atom. The third-order valence-electron chi connectivity index (χ3n) is 5.10. The van der Waals surface area contributed by atoms with Crippen LogP contribution in [0.5, 0.6) is 0 Å². The molecule has 2 aromatic carbocycles. The summed E-state index contributed by atoms with van der Waals surface area (Å²) in [6.45, 7) is 0.771. The maximum absolute atomic E-state index is 5.06. The van der Waals surface area contributed by atoms with E-state index in [1.54, 1.807) is 0 Å². The lowest BCUT2D eigenvalue weighted by Crippen LogP contribution is -2.05. The smallest absolute Gasteiger partial charge is 0.0964 e. The Morgan fingerprint density at radius 1 is 0.815 bits per heavy atom. The molecule has 0 amide bonds. The summed E-state index contributed by atoms with van der Waals surface area (Å²) in [5.41, 5.74) is 8.82. The highest BCUT2D eigenvalue weighted by molar-refractivity contribution is 8.93. The van der Waals surface area contributed by atoms with Crippen LogP contribution in [0.15, 0.2) is 79.1 Å². The molecule has 1 aliphatic carbocycles. The van der Waals surface area contributed by atoms with Crippen molar-refractivity contribution in [1.82, 2.24) is 14.8 Å². The molecule has 27 heavy (non-hydrogen) atoms. The van der Waals surface area contributed by atoms with Crippen LogP contribution < -0.4 is 0 Å². The average molecular weight is 418 g/mol. The summed E-state index contributed by atoms with van der Waals surface area (Å²) >= 11 is 0. The summed E-state index contributed by atoms with van der Waals surface area (Å²) in [6, 6.07) is 23.3. The molecular weight excluding hydrogens is 398 g/mol. The van der Waals surface area contributed by atoms with Crippen molar-refractivity contribution in [3.63, 3.8) is 0 Å². The van der Waals surface area contributed by atoms with Gasteiger partial charge in [0.25, 0.3) is 0 Å². The van der Waals surface area contributed by atoms with Gasteiger partial charge >= 0.3 is 0 Å². The molecule has 2 heterocycles. The molecule has 134 valence electrons. The summed E-state index contributed by atoms with van der Waals surface area (Å²) in [4.78, 5) is 4.19. The minimum absolute atomic E-state index is 0. The Bertz CT molecular complexity index is 1060. The lowest BCUT2D eigenvalue weighted by molar-refractivity contribution is 0.696. The predicted molar refractivity (Wildman–Crippen MR) is 114 cm³/mol. The molecule has 0 spiro atoms. The fourth-order valence-corrected chi connectivity index (χ4v) is 3.89. The fraction of sp³-hybridized carbons (Fsp3) is 0.130. The Labute approximate surface area is 169 Å². The molecule has 0 N–H and O–H groups in total. The second-order valence-electron chi connectivity index (χ2n) is 6.71. The first-order valence-corrected chi connectivity index (χ1v) is 9.02. The third kappa shape index (κ3) is 3.21. The van der Waals surface area contributed by atoms with Crippen LogP contribution in [0.2, 0.25) is 0 Å². The van der Waals surface area contributed by atoms with E-state index >= 15 is 0 Å². The van der Waals surface area contributed by atoms with Gasteiger partial charge in [-0.1, -0.05) is 54.6 Å². The van der Waals surface area contributed by atoms with Gasteiger partial charge in [0.05, 0.1) is 17.9 Å². The van der Waals surface area contributed by atoms with Crippen LogP contribution in [-0.2, 0) is 19.4 Å². The first-order valence-electron chi connectivity index (χ1n) is 9.02. The number of hydrogen-bond acceptors (Lipinski definition) is 2. The molecule has 0 saturated heterocycles. The fourth-order valence-electron chi connectivity index (χ4n) is 3.89. The second kappa shape index (κ2) is 7.49. The van der Waals surface area contributed by atoms with Gasteiger partial charge in [0.1, 0.15) is 0 Å². The molecule has 0 aliphatic heterocycles. The summed E-state index contributed by atoms with van der Waals surface area (Å²) in [7, 11) is 0. The molecule has 4 aromatic rings. The Balaban J connectivity index is 0.00000180. The second-order valence-corrected chi connectivity index (χ2v) is 6.71. The molecule has 0 unspecified atom stereocenters. The van der Waals surface area contributed by atoms with E-state index in [9.17, 15) is 0 Å². The van der Waals surface area contributed by atoms with E-state index in [2.05, 4.69) is 76.4 Å². The number of nitrogens with zero attached hydrogens (tertiary/aromatic N) is 3. The van der Waals surface area contributed by atoms with Gasteiger partial charge in [-0.2, -0.15) is 5.10 Å². The van der Waals surface area contributed by atoms with Crippen LogP contribution in [0.4, 0.5) is 0 Å². The Kier molecular flexibility index (Phi) is 4.90. The molecule has 5 rings (SSSR count). The molecule has 0 radical (unpaired) electrons. The topological polar surface area (TPSA) is 30.7 Å². The molecule has 2 aromatic heterocycles. The maximum atomic E-state index is 5.06. The quantitative estimate of drug-likeness (QED) is 0.450. The minimum Gasteiger partial charge on any atom is -0.265 e. The van der Waals surface area contributed by atoms with Crippen LogP contribution in [0, 0.1) is 0 Å². The normalized spacial score (nSPS) is 12.0. The first kappa shape index (κ1) is 17.7. The van der Waals surface area contributed by atoms with Gasteiger partial charge in [-0.3, -0.25) is 9.67 Å². The monoisotopic (exact) mass is 417 g/mol. The zero-order chi connectivity index (χ0) is 17.3. The SMILES string of the molecule is Br.c1ccc(Cn2nc3c(c2-c2ccncc2)CCc2ccccc2-3)cc1. The number of hydrogen-bond donors (Lipinski definition) is 0. The van der Waals surface area contributed by atoms with E-state index in [-0.39, 0.29) is 17.0 Å². The van der Waals surface area contributed by atoms with Crippen LogP contribution in [0.25, 0.3) is 22.5 Å². The molecule has 0 saturated carbocycles. The number of pyridine rings is 1. The van der Waals surface area contributed by atoms with Crippen molar-refractivity contribution in [1.29, 1.82) is 0 Å². The zero-order valence-corrected chi connectivity index (χ0v) is 16.6. The Morgan fingerprint density at radius 2 is 1.56 bits per heavy atom. The van der Waals surface area contributed by atoms with Crippen molar-refractivity contribution >= 4 is 17.0 Å². The largest absolute Gasteiger partial charge is 0.265 e. The zero-order valence-electron chi connectivity index (χ0n) is 14.9. The van der Waals surface area contributed by atoms with Gasteiger partial charge < -0.3 is 0 Å². The minimum atomic E-state index is 0. The van der Waals surface area contributed by atoms with Crippen molar-refractivity contribution in [3.8, 4) is 22.5 Å². The van der Waals surface area contributed by atoms with Crippen LogP contribution in [-0.4, -0.2) is 14.8 Å². The number of benzene rings is 2. The highest BCUT2D eigenvalue weighted by atomic mass is 79.9. The molecule has 3 nitrogen and oxygen atoms in total. The maximum Gasteiger partial charge on any atom is 0.0964 e. The lowest BCUT2D eigenvalue weighted by Gasteiger charge is -2.16.